The van der Waals surface area contributed by atoms with Crippen LogP contribution in [0.3, 0.4) is 0 Å². The number of anilines is 2. The number of alkyl halides is 1. The minimum Gasteiger partial charge on any atom is -0.368 e. The van der Waals surface area contributed by atoms with Gasteiger partial charge in [-0.3, -0.25) is 0 Å². The van der Waals surface area contributed by atoms with E-state index in [1.807, 2.05) is 18.3 Å². The first-order valence-electron chi connectivity index (χ1n) is 6.92. The van der Waals surface area contributed by atoms with Gasteiger partial charge in [-0.2, -0.15) is 0 Å². The number of nitrogens with zero attached hydrogens (tertiary/aromatic N) is 3. The summed E-state index contributed by atoms with van der Waals surface area (Å²) in [5, 5.41) is 0.917. The van der Waals surface area contributed by atoms with E-state index in [4.69, 9.17) is 0 Å². The van der Waals surface area contributed by atoms with Gasteiger partial charge in [-0.15, -0.1) is 0 Å². The Labute approximate surface area is 128 Å². The van der Waals surface area contributed by atoms with E-state index < -0.39 is 0 Å². The highest BCUT2D eigenvalue weighted by Gasteiger charge is 2.17. The van der Waals surface area contributed by atoms with Crippen molar-refractivity contribution < 1.29 is 0 Å². The molecule has 0 unspecified atom stereocenters. The zero-order chi connectivity index (χ0) is 13.8. The molecule has 0 spiro atoms. The van der Waals surface area contributed by atoms with Gasteiger partial charge in [0, 0.05) is 43.4 Å². The van der Waals surface area contributed by atoms with E-state index in [1.165, 1.54) is 11.3 Å². The monoisotopic (exact) mass is 331 g/mol. The van der Waals surface area contributed by atoms with Crippen LogP contribution in [0.25, 0.3) is 0 Å². The molecular weight excluding hydrogens is 314 g/mol. The highest BCUT2D eigenvalue weighted by atomic mass is 79.9. The summed E-state index contributed by atoms with van der Waals surface area (Å²) in [5.74, 6) is 1.08. The molecule has 3 rings (SSSR count). The Balaban J connectivity index is 1.63. The van der Waals surface area contributed by atoms with Gasteiger partial charge in [-0.25, -0.2) is 4.98 Å². The molecule has 0 aliphatic carbocycles. The number of hydrogen-bond acceptors (Lipinski definition) is 3. The molecule has 1 aromatic carbocycles. The molecule has 0 amide bonds. The van der Waals surface area contributed by atoms with Crippen molar-refractivity contribution in [2.24, 2.45) is 0 Å². The molecule has 2 aromatic rings. The summed E-state index contributed by atoms with van der Waals surface area (Å²) in [7, 11) is 0. The SMILES string of the molecule is BrCc1ccc(N2CCN(c3ccccn3)CC2)cc1. The van der Waals surface area contributed by atoms with Crippen LogP contribution in [0.15, 0.2) is 48.7 Å². The predicted molar refractivity (Wildman–Crippen MR) is 87.7 cm³/mol. The Morgan fingerprint density at radius 2 is 1.60 bits per heavy atom. The molecule has 20 heavy (non-hydrogen) atoms. The van der Waals surface area contributed by atoms with Crippen molar-refractivity contribution in [3.05, 3.63) is 54.2 Å². The van der Waals surface area contributed by atoms with Crippen molar-refractivity contribution >= 4 is 27.4 Å². The number of halogens is 1. The van der Waals surface area contributed by atoms with Gasteiger partial charge in [-0.1, -0.05) is 34.1 Å². The lowest BCUT2D eigenvalue weighted by atomic mass is 10.2. The van der Waals surface area contributed by atoms with E-state index in [1.54, 1.807) is 0 Å². The second kappa shape index (κ2) is 6.27. The molecule has 0 bridgehead atoms. The van der Waals surface area contributed by atoms with Crippen molar-refractivity contribution in [3.8, 4) is 0 Å². The molecule has 3 nitrogen and oxygen atoms in total. The van der Waals surface area contributed by atoms with Crippen LogP contribution in [-0.4, -0.2) is 31.2 Å². The molecular formula is C16H18BrN3. The number of benzene rings is 1. The van der Waals surface area contributed by atoms with Crippen molar-refractivity contribution in [1.82, 2.24) is 4.98 Å². The lowest BCUT2D eigenvalue weighted by molar-refractivity contribution is 0.647. The standard InChI is InChI=1S/C16H18BrN3/c17-13-14-4-6-15(7-5-14)19-9-11-20(12-10-19)16-3-1-2-8-18-16/h1-8H,9-13H2. The molecule has 0 atom stereocenters. The Morgan fingerprint density at radius 1 is 0.900 bits per heavy atom. The average molecular weight is 332 g/mol. The summed E-state index contributed by atoms with van der Waals surface area (Å²) in [6.45, 7) is 4.14. The minimum atomic E-state index is 0.917. The zero-order valence-electron chi connectivity index (χ0n) is 11.4. The fraction of sp³-hybridized carbons (Fsp3) is 0.312. The molecule has 1 aliphatic rings. The number of pyridine rings is 1. The van der Waals surface area contributed by atoms with E-state index in [-0.39, 0.29) is 0 Å². The van der Waals surface area contributed by atoms with Gasteiger partial charge >= 0.3 is 0 Å². The van der Waals surface area contributed by atoms with Gasteiger partial charge < -0.3 is 9.80 Å². The van der Waals surface area contributed by atoms with Gasteiger partial charge in [-0.05, 0) is 29.8 Å². The Bertz CT molecular complexity index is 533. The first-order chi connectivity index (χ1) is 9.86. The molecule has 1 saturated heterocycles. The largest absolute Gasteiger partial charge is 0.368 e. The van der Waals surface area contributed by atoms with Gasteiger partial charge in [0.25, 0.3) is 0 Å². The van der Waals surface area contributed by atoms with Crippen molar-refractivity contribution in [2.45, 2.75) is 5.33 Å². The van der Waals surface area contributed by atoms with E-state index in [0.717, 1.165) is 37.3 Å². The first-order valence-corrected chi connectivity index (χ1v) is 8.05. The van der Waals surface area contributed by atoms with Gasteiger partial charge in [0.15, 0.2) is 0 Å². The first kappa shape index (κ1) is 13.4. The molecule has 4 heteroatoms. The fourth-order valence-electron chi connectivity index (χ4n) is 2.53. The van der Waals surface area contributed by atoms with E-state index in [2.05, 4.69) is 61.0 Å². The van der Waals surface area contributed by atoms with Crippen LogP contribution in [0.1, 0.15) is 5.56 Å². The van der Waals surface area contributed by atoms with Crippen LogP contribution in [-0.2, 0) is 5.33 Å². The third-order valence-electron chi connectivity index (χ3n) is 3.71. The Morgan fingerprint density at radius 3 is 2.20 bits per heavy atom. The summed E-state index contributed by atoms with van der Waals surface area (Å²) in [6, 6.07) is 14.9. The third-order valence-corrected chi connectivity index (χ3v) is 4.36. The van der Waals surface area contributed by atoms with Crippen LogP contribution in [0.4, 0.5) is 11.5 Å². The van der Waals surface area contributed by atoms with E-state index in [0.29, 0.717) is 0 Å². The molecule has 1 aromatic heterocycles. The summed E-state index contributed by atoms with van der Waals surface area (Å²) < 4.78 is 0. The van der Waals surface area contributed by atoms with Crippen LogP contribution < -0.4 is 9.80 Å². The number of rotatable bonds is 3. The normalized spacial score (nSPS) is 15.4. The Kier molecular flexibility index (Phi) is 4.21. The maximum absolute atomic E-state index is 4.43. The molecule has 1 aliphatic heterocycles. The molecule has 1 fully saturated rings. The summed E-state index contributed by atoms with van der Waals surface area (Å²) >= 11 is 3.48. The molecule has 0 saturated carbocycles. The minimum absolute atomic E-state index is 0.917. The topological polar surface area (TPSA) is 19.4 Å². The highest BCUT2D eigenvalue weighted by molar-refractivity contribution is 9.08. The summed E-state index contributed by atoms with van der Waals surface area (Å²) in [6.07, 6.45) is 1.86. The lowest BCUT2D eigenvalue weighted by Crippen LogP contribution is -2.46. The average Bonchev–Trinajstić information content (AvgIpc) is 2.56. The van der Waals surface area contributed by atoms with Crippen molar-refractivity contribution in [3.63, 3.8) is 0 Å². The van der Waals surface area contributed by atoms with Gasteiger partial charge in [0.05, 0.1) is 0 Å². The van der Waals surface area contributed by atoms with Crippen LogP contribution in [0.2, 0.25) is 0 Å². The molecule has 2 heterocycles. The smallest absolute Gasteiger partial charge is 0.128 e. The fourth-order valence-corrected chi connectivity index (χ4v) is 2.90. The maximum Gasteiger partial charge on any atom is 0.128 e. The highest BCUT2D eigenvalue weighted by Crippen LogP contribution is 2.20. The van der Waals surface area contributed by atoms with Gasteiger partial charge in [0.2, 0.25) is 0 Å². The van der Waals surface area contributed by atoms with E-state index in [9.17, 15) is 0 Å². The molecule has 0 N–H and O–H groups in total. The number of piperazine rings is 1. The summed E-state index contributed by atoms with van der Waals surface area (Å²) in [5.41, 5.74) is 2.64. The van der Waals surface area contributed by atoms with Crippen LogP contribution in [0.5, 0.6) is 0 Å². The second-order valence-corrected chi connectivity index (χ2v) is 5.52. The number of aromatic nitrogens is 1. The predicted octanol–water partition coefficient (Wildman–Crippen LogP) is 3.30. The summed E-state index contributed by atoms with van der Waals surface area (Å²) in [4.78, 5) is 9.22. The number of hydrogen-bond donors (Lipinski definition) is 0. The Hall–Kier alpha value is -1.55. The van der Waals surface area contributed by atoms with Crippen LogP contribution >= 0.6 is 15.9 Å². The van der Waals surface area contributed by atoms with E-state index >= 15 is 0 Å². The van der Waals surface area contributed by atoms with Gasteiger partial charge in [0.1, 0.15) is 5.82 Å². The van der Waals surface area contributed by atoms with Crippen LogP contribution in [0, 0.1) is 0 Å². The van der Waals surface area contributed by atoms with Crippen molar-refractivity contribution in [2.75, 3.05) is 36.0 Å². The lowest BCUT2D eigenvalue weighted by Gasteiger charge is -2.36. The zero-order valence-corrected chi connectivity index (χ0v) is 13.0. The maximum atomic E-state index is 4.43. The van der Waals surface area contributed by atoms with Crippen molar-refractivity contribution in [1.29, 1.82) is 0 Å². The second-order valence-electron chi connectivity index (χ2n) is 4.96. The quantitative estimate of drug-likeness (QED) is 0.804. The molecule has 104 valence electrons. The molecule has 0 radical (unpaired) electrons. The third kappa shape index (κ3) is 2.96.